The molecule has 2 aromatic heterocycles. The third-order valence-electron chi connectivity index (χ3n) is 5.37. The van der Waals surface area contributed by atoms with Crippen molar-refractivity contribution in [1.82, 2.24) is 14.9 Å². The largest absolute Gasteiger partial charge is 0.507 e. The van der Waals surface area contributed by atoms with Crippen LogP contribution in [0.1, 0.15) is 29.7 Å². The number of benzene rings is 1. The van der Waals surface area contributed by atoms with Crippen LogP contribution >= 0.6 is 0 Å². The number of carbonyl (C=O) groups is 2. The van der Waals surface area contributed by atoms with E-state index in [-0.39, 0.29) is 17.9 Å². The standard InChI is InChI=1S/C25H23N3O5/c1-3-33-19-7-6-18(13-20(19)32-2)22-21(23(29)17-8-11-26-12-9-17)24(30)25(31)28(22)15-16-5-4-10-27-14-16/h4-14,22,29H,3,15H2,1-2H3/b23-21+. The zero-order valence-corrected chi connectivity index (χ0v) is 18.3. The van der Waals surface area contributed by atoms with Crippen LogP contribution in [0.4, 0.5) is 0 Å². The minimum Gasteiger partial charge on any atom is -0.507 e. The Morgan fingerprint density at radius 2 is 1.85 bits per heavy atom. The second-order valence-corrected chi connectivity index (χ2v) is 7.37. The molecule has 3 heterocycles. The predicted molar refractivity (Wildman–Crippen MR) is 120 cm³/mol. The van der Waals surface area contributed by atoms with Gasteiger partial charge in [-0.25, -0.2) is 0 Å². The van der Waals surface area contributed by atoms with Gasteiger partial charge in [-0.15, -0.1) is 0 Å². The third kappa shape index (κ3) is 4.27. The van der Waals surface area contributed by atoms with Crippen molar-refractivity contribution in [2.24, 2.45) is 0 Å². The summed E-state index contributed by atoms with van der Waals surface area (Å²) in [5.74, 6) is -0.715. The van der Waals surface area contributed by atoms with E-state index in [0.717, 1.165) is 5.56 Å². The number of hydrogen-bond donors (Lipinski definition) is 1. The number of hydrogen-bond acceptors (Lipinski definition) is 7. The van der Waals surface area contributed by atoms with Crippen LogP contribution in [0.15, 0.2) is 72.8 Å². The summed E-state index contributed by atoms with van der Waals surface area (Å²) in [7, 11) is 1.52. The Labute approximate surface area is 191 Å². The number of amides is 1. The summed E-state index contributed by atoms with van der Waals surface area (Å²) in [4.78, 5) is 35.7. The fourth-order valence-corrected chi connectivity index (χ4v) is 3.87. The number of nitrogens with zero attached hydrogens (tertiary/aromatic N) is 3. The highest BCUT2D eigenvalue weighted by Gasteiger charge is 2.46. The van der Waals surface area contributed by atoms with Gasteiger partial charge >= 0.3 is 0 Å². The molecule has 8 nitrogen and oxygen atoms in total. The summed E-state index contributed by atoms with van der Waals surface area (Å²) in [6.07, 6.45) is 6.29. The average Bonchev–Trinajstić information content (AvgIpc) is 3.10. The molecule has 168 valence electrons. The highest BCUT2D eigenvalue weighted by atomic mass is 16.5. The molecule has 1 aromatic carbocycles. The Kier molecular flexibility index (Phi) is 6.35. The molecule has 33 heavy (non-hydrogen) atoms. The van der Waals surface area contributed by atoms with Gasteiger partial charge in [0, 0.05) is 36.9 Å². The second kappa shape index (κ2) is 9.52. The first-order valence-corrected chi connectivity index (χ1v) is 10.4. The minimum absolute atomic E-state index is 0.00121. The lowest BCUT2D eigenvalue weighted by Crippen LogP contribution is -2.29. The molecule has 1 fully saturated rings. The summed E-state index contributed by atoms with van der Waals surface area (Å²) in [6, 6.07) is 11.1. The Bertz CT molecular complexity index is 1200. The van der Waals surface area contributed by atoms with E-state index in [2.05, 4.69) is 9.97 Å². The molecule has 1 N–H and O–H groups in total. The van der Waals surface area contributed by atoms with Crippen molar-refractivity contribution in [3.05, 3.63) is 89.5 Å². The van der Waals surface area contributed by atoms with E-state index in [1.807, 2.05) is 13.0 Å². The SMILES string of the molecule is CCOc1ccc(C2/C(=C(\O)c3ccncc3)C(=O)C(=O)N2Cc2cccnc2)cc1OC. The van der Waals surface area contributed by atoms with Gasteiger partial charge in [-0.2, -0.15) is 0 Å². The highest BCUT2D eigenvalue weighted by molar-refractivity contribution is 6.46. The first-order chi connectivity index (χ1) is 16.0. The molecule has 0 aliphatic carbocycles. The predicted octanol–water partition coefficient (Wildman–Crippen LogP) is 3.51. The molecule has 3 aromatic rings. The number of methoxy groups -OCH3 is 1. The number of aliphatic hydroxyl groups is 1. The lowest BCUT2D eigenvalue weighted by Gasteiger charge is -2.26. The summed E-state index contributed by atoms with van der Waals surface area (Å²) >= 11 is 0. The maximum Gasteiger partial charge on any atom is 0.295 e. The summed E-state index contributed by atoms with van der Waals surface area (Å²) in [6.45, 7) is 2.47. The van der Waals surface area contributed by atoms with E-state index in [1.165, 1.54) is 24.4 Å². The summed E-state index contributed by atoms with van der Waals surface area (Å²) < 4.78 is 11.1. The molecule has 1 aliphatic heterocycles. The van der Waals surface area contributed by atoms with E-state index < -0.39 is 17.7 Å². The molecule has 0 spiro atoms. The molecule has 1 amide bonds. The zero-order valence-electron chi connectivity index (χ0n) is 18.3. The van der Waals surface area contributed by atoms with Gasteiger partial charge in [-0.1, -0.05) is 12.1 Å². The van der Waals surface area contributed by atoms with Gasteiger partial charge in [0.2, 0.25) is 0 Å². The van der Waals surface area contributed by atoms with Crippen molar-refractivity contribution in [1.29, 1.82) is 0 Å². The highest BCUT2D eigenvalue weighted by Crippen LogP contribution is 2.42. The van der Waals surface area contributed by atoms with E-state index >= 15 is 0 Å². The number of ketones is 1. The summed E-state index contributed by atoms with van der Waals surface area (Å²) in [5.41, 5.74) is 1.76. The van der Waals surface area contributed by atoms with Gasteiger partial charge < -0.3 is 19.5 Å². The maximum absolute atomic E-state index is 13.1. The Morgan fingerprint density at radius 1 is 1.06 bits per heavy atom. The van der Waals surface area contributed by atoms with Crippen LogP contribution in [0, 0.1) is 0 Å². The maximum atomic E-state index is 13.1. The molecule has 8 heteroatoms. The average molecular weight is 445 g/mol. The molecule has 4 rings (SSSR count). The number of rotatable bonds is 7. The fourth-order valence-electron chi connectivity index (χ4n) is 3.87. The normalized spacial score (nSPS) is 17.3. The number of aromatic nitrogens is 2. The van der Waals surface area contributed by atoms with Crippen molar-refractivity contribution in [3.8, 4) is 11.5 Å². The molecule has 1 saturated heterocycles. The molecule has 0 radical (unpaired) electrons. The van der Waals surface area contributed by atoms with Crippen molar-refractivity contribution in [2.45, 2.75) is 19.5 Å². The lowest BCUT2D eigenvalue weighted by molar-refractivity contribution is -0.140. The van der Waals surface area contributed by atoms with Crippen LogP contribution in [0.5, 0.6) is 11.5 Å². The smallest absolute Gasteiger partial charge is 0.295 e. The lowest BCUT2D eigenvalue weighted by atomic mass is 9.95. The van der Waals surface area contributed by atoms with Gasteiger partial charge in [0.1, 0.15) is 5.76 Å². The summed E-state index contributed by atoms with van der Waals surface area (Å²) in [5, 5.41) is 11.1. The van der Waals surface area contributed by atoms with Gasteiger partial charge in [-0.05, 0) is 48.4 Å². The van der Waals surface area contributed by atoms with Gasteiger partial charge in [0.25, 0.3) is 11.7 Å². The molecule has 0 saturated carbocycles. The van der Waals surface area contributed by atoms with Gasteiger partial charge in [-0.3, -0.25) is 19.6 Å². The Balaban J connectivity index is 1.87. The zero-order chi connectivity index (χ0) is 23.4. The van der Waals surface area contributed by atoms with Crippen LogP contribution < -0.4 is 9.47 Å². The Morgan fingerprint density at radius 3 is 2.52 bits per heavy atom. The van der Waals surface area contributed by atoms with E-state index in [4.69, 9.17) is 9.47 Å². The first kappa shape index (κ1) is 22.0. The molecule has 1 unspecified atom stereocenters. The Hall–Kier alpha value is -4.20. The monoisotopic (exact) mass is 445 g/mol. The van der Waals surface area contributed by atoms with Crippen molar-refractivity contribution < 1.29 is 24.2 Å². The van der Waals surface area contributed by atoms with Crippen LogP contribution in [0.25, 0.3) is 5.76 Å². The molecule has 0 bridgehead atoms. The van der Waals surface area contributed by atoms with Gasteiger partial charge in [0.05, 0.1) is 25.3 Å². The second-order valence-electron chi connectivity index (χ2n) is 7.37. The number of pyridine rings is 2. The number of likely N-dealkylation sites (tertiary alicyclic amines) is 1. The first-order valence-electron chi connectivity index (χ1n) is 10.4. The van der Waals surface area contributed by atoms with E-state index in [1.54, 1.807) is 48.8 Å². The van der Waals surface area contributed by atoms with Gasteiger partial charge in [0.15, 0.2) is 11.5 Å². The van der Waals surface area contributed by atoms with Crippen molar-refractivity contribution in [2.75, 3.05) is 13.7 Å². The van der Waals surface area contributed by atoms with E-state index in [9.17, 15) is 14.7 Å². The van der Waals surface area contributed by atoms with Crippen LogP contribution in [-0.4, -0.2) is 45.4 Å². The third-order valence-corrected chi connectivity index (χ3v) is 5.37. The topological polar surface area (TPSA) is 102 Å². The van der Waals surface area contributed by atoms with Crippen LogP contribution in [0.3, 0.4) is 0 Å². The molecule has 1 atom stereocenters. The fraction of sp³-hybridized carbons (Fsp3) is 0.200. The van der Waals surface area contributed by atoms with Crippen LogP contribution in [0.2, 0.25) is 0 Å². The van der Waals surface area contributed by atoms with Crippen molar-refractivity contribution >= 4 is 17.4 Å². The quantitative estimate of drug-likeness (QED) is 0.337. The van der Waals surface area contributed by atoms with Crippen molar-refractivity contribution in [3.63, 3.8) is 0 Å². The molecule has 1 aliphatic rings. The van der Waals surface area contributed by atoms with Crippen LogP contribution in [-0.2, 0) is 16.1 Å². The van der Waals surface area contributed by atoms with E-state index in [0.29, 0.717) is 29.2 Å². The number of Topliss-reactive ketones (excluding diaryl/α,β-unsaturated/α-hetero) is 1. The number of carbonyl (C=O) groups excluding carboxylic acids is 2. The minimum atomic E-state index is -0.831. The number of ether oxygens (including phenoxy) is 2. The molecular formula is C25H23N3O5. The molecular weight excluding hydrogens is 422 g/mol. The number of aliphatic hydroxyl groups excluding tert-OH is 1.